The molecule has 0 saturated carbocycles. The summed E-state index contributed by atoms with van der Waals surface area (Å²) < 4.78 is 0. The van der Waals surface area contributed by atoms with E-state index in [1.165, 1.54) is 6.08 Å². The van der Waals surface area contributed by atoms with Gasteiger partial charge < -0.3 is 10.2 Å². The van der Waals surface area contributed by atoms with Gasteiger partial charge in [0, 0.05) is 0 Å². The van der Waals surface area contributed by atoms with Crippen LogP contribution in [0.4, 0.5) is 0 Å². The zero-order valence-corrected chi connectivity index (χ0v) is 14.1. The molecule has 1 atom stereocenters. The third-order valence-electron chi connectivity index (χ3n) is 2.05. The maximum Gasteiger partial charge on any atom is 1.00 e. The molecule has 1 N–H and O–H groups in total. The minimum Gasteiger partial charge on any atom is -0.859 e. The summed E-state index contributed by atoms with van der Waals surface area (Å²) in [6.45, 7) is 3.74. The van der Waals surface area contributed by atoms with Crippen molar-refractivity contribution in [3.05, 3.63) is 12.2 Å². The van der Waals surface area contributed by atoms with E-state index in [1.807, 2.05) is 0 Å². The molecule has 0 rings (SSSR count). The number of hydrogen-bond acceptors (Lipinski definition) is 3. The van der Waals surface area contributed by atoms with Crippen LogP contribution < -0.4 is 56.5 Å². The summed E-state index contributed by atoms with van der Waals surface area (Å²) >= 11 is 0. The minimum atomic E-state index is -0.934. The third kappa shape index (κ3) is 14.3. The average Bonchev–Trinajstić information content (AvgIpc) is 2.15. The maximum absolute atomic E-state index is 11.2. The van der Waals surface area contributed by atoms with Crippen molar-refractivity contribution in [2.24, 2.45) is 4.99 Å². The summed E-state index contributed by atoms with van der Waals surface area (Å²) in [4.78, 5) is 14.1. The first kappa shape index (κ1) is 19.7. The second-order valence-corrected chi connectivity index (χ2v) is 3.81. The first-order chi connectivity index (χ1) is 7.56. The number of carbonyl (C=O) groups is 1. The third-order valence-corrected chi connectivity index (χ3v) is 2.05. The Morgan fingerprint density at radius 2 is 2.12 bits per heavy atom. The van der Waals surface area contributed by atoms with E-state index in [9.17, 15) is 9.90 Å². The number of nitrogens with zero attached hydrogens (tertiary/aromatic N) is 1. The summed E-state index contributed by atoms with van der Waals surface area (Å²) in [6.07, 6.45) is 7.39. The second kappa shape index (κ2) is 12.8. The van der Waals surface area contributed by atoms with Gasteiger partial charge in [-0.1, -0.05) is 31.9 Å². The predicted octanol–water partition coefficient (Wildman–Crippen LogP) is -1.25. The summed E-state index contributed by atoms with van der Waals surface area (Å²) in [5.41, 5.74) is 0. The Kier molecular flexibility index (Phi) is 14.8. The van der Waals surface area contributed by atoms with Crippen molar-refractivity contribution >= 4 is 11.9 Å². The van der Waals surface area contributed by atoms with Gasteiger partial charge in [-0.3, -0.25) is 9.79 Å². The Morgan fingerprint density at radius 3 is 2.65 bits per heavy atom. The van der Waals surface area contributed by atoms with Crippen LogP contribution in [0.1, 0.15) is 46.0 Å². The topological polar surface area (TPSA) is 72.7 Å². The molecule has 92 valence electrons. The van der Waals surface area contributed by atoms with Gasteiger partial charge in [-0.05, 0) is 25.7 Å². The van der Waals surface area contributed by atoms with Crippen molar-refractivity contribution in [2.75, 3.05) is 0 Å². The summed E-state index contributed by atoms with van der Waals surface area (Å²) in [7, 11) is 0. The van der Waals surface area contributed by atoms with Crippen LogP contribution in [0.2, 0.25) is 0 Å². The van der Waals surface area contributed by atoms with Crippen LogP contribution in [-0.4, -0.2) is 23.0 Å². The van der Waals surface area contributed by atoms with Gasteiger partial charge in [0.25, 0.3) is 0 Å². The van der Waals surface area contributed by atoms with Crippen LogP contribution in [0.5, 0.6) is 0 Å². The van der Waals surface area contributed by atoms with Crippen molar-refractivity contribution in [3.63, 3.8) is 0 Å². The van der Waals surface area contributed by atoms with Crippen LogP contribution in [0.15, 0.2) is 17.1 Å². The summed E-state index contributed by atoms with van der Waals surface area (Å²) in [5.74, 6) is -1.28. The smallest absolute Gasteiger partial charge is 0.859 e. The van der Waals surface area contributed by atoms with Crippen molar-refractivity contribution in [1.29, 1.82) is 0 Å². The summed E-state index contributed by atoms with van der Waals surface area (Å²) in [5, 5.41) is 19.7. The van der Waals surface area contributed by atoms with E-state index in [-0.39, 0.29) is 63.7 Å². The Bertz CT molecular complexity index is 264. The van der Waals surface area contributed by atoms with E-state index in [2.05, 4.69) is 11.9 Å². The van der Waals surface area contributed by atoms with Crippen molar-refractivity contribution < 1.29 is 66.4 Å². The van der Waals surface area contributed by atoms with Gasteiger partial charge in [0.1, 0.15) is 0 Å². The monoisotopic (exact) mass is 265 g/mol. The molecule has 4 nitrogen and oxygen atoms in total. The molecule has 0 aliphatic heterocycles. The fourth-order valence-corrected chi connectivity index (χ4v) is 1.25. The quantitative estimate of drug-likeness (QED) is 0.258. The number of aliphatic imine (C=N–C) groups is 1. The number of aliphatic carboxylic acids is 1. The van der Waals surface area contributed by atoms with Gasteiger partial charge in [0.05, 0.1) is 12.5 Å². The first-order valence-electron chi connectivity index (χ1n) is 5.69. The molecule has 0 spiro atoms. The average molecular weight is 265 g/mol. The molecular formula is C12H20KNO3. The molecule has 17 heavy (non-hydrogen) atoms. The van der Waals surface area contributed by atoms with Gasteiger partial charge in [-0.25, -0.2) is 0 Å². The van der Waals surface area contributed by atoms with E-state index in [4.69, 9.17) is 5.11 Å². The molecule has 0 radical (unpaired) electrons. The molecule has 0 aliphatic rings. The second-order valence-electron chi connectivity index (χ2n) is 3.81. The van der Waals surface area contributed by atoms with Gasteiger partial charge >= 0.3 is 57.4 Å². The molecule has 1 unspecified atom stereocenters. The molecule has 5 heteroatoms. The molecular weight excluding hydrogens is 245 g/mol. The molecule has 0 aromatic carbocycles. The first-order valence-corrected chi connectivity index (χ1v) is 5.69. The molecule has 0 saturated heterocycles. The van der Waals surface area contributed by atoms with Gasteiger partial charge in [0.2, 0.25) is 0 Å². The van der Waals surface area contributed by atoms with Gasteiger partial charge in [0.15, 0.2) is 0 Å². The Balaban J connectivity index is 0. The zero-order valence-electron chi connectivity index (χ0n) is 11.0. The number of rotatable bonds is 8. The molecule has 0 aromatic heterocycles. The van der Waals surface area contributed by atoms with E-state index < -0.39 is 12.0 Å². The standard InChI is InChI=1S/C12H21NO3.K/c1-3-4-5-6-7-8-11(14)13-10(2)9-12(15)16;/h7-8,10H,3-6,9H2,1-2H3,(H,13,14)(H,15,16);/q;+1/p-1/b8-7+;. The Morgan fingerprint density at radius 1 is 1.47 bits per heavy atom. The molecule has 0 bridgehead atoms. The number of carboxylic acid groups (broad SMARTS) is 1. The van der Waals surface area contributed by atoms with Crippen LogP contribution in [0.25, 0.3) is 0 Å². The number of unbranched alkanes of at least 4 members (excludes halogenated alkanes) is 3. The van der Waals surface area contributed by atoms with Crippen molar-refractivity contribution in [3.8, 4) is 0 Å². The number of carboxylic acids is 1. The summed E-state index contributed by atoms with van der Waals surface area (Å²) in [6, 6.07) is -0.453. The van der Waals surface area contributed by atoms with Crippen molar-refractivity contribution in [2.45, 2.75) is 52.0 Å². The van der Waals surface area contributed by atoms with Crippen LogP contribution in [-0.2, 0) is 4.79 Å². The van der Waals surface area contributed by atoms with Crippen LogP contribution >= 0.6 is 0 Å². The van der Waals surface area contributed by atoms with Crippen LogP contribution in [0.3, 0.4) is 0 Å². The van der Waals surface area contributed by atoms with E-state index in [0.29, 0.717) is 0 Å². The van der Waals surface area contributed by atoms with E-state index in [0.717, 1.165) is 25.7 Å². The molecule has 0 aromatic rings. The number of allylic oxidation sites excluding steroid dienone is 1. The fraction of sp³-hybridized carbons (Fsp3) is 0.667. The molecule has 0 amide bonds. The van der Waals surface area contributed by atoms with E-state index in [1.54, 1.807) is 13.0 Å². The van der Waals surface area contributed by atoms with Gasteiger partial charge in [-0.2, -0.15) is 0 Å². The minimum absolute atomic E-state index is 0. The largest absolute Gasteiger partial charge is 1.00 e. The predicted molar refractivity (Wildman–Crippen MR) is 62.4 cm³/mol. The maximum atomic E-state index is 11.2. The molecule has 0 aliphatic carbocycles. The fourth-order valence-electron chi connectivity index (χ4n) is 1.25. The SMILES string of the molecule is CCCCC/C=C/C([O-])=NC(C)CC(=O)O.[K+]. The Labute approximate surface area is 146 Å². The van der Waals surface area contributed by atoms with Crippen LogP contribution in [0, 0.1) is 0 Å². The molecule has 0 fully saturated rings. The van der Waals surface area contributed by atoms with E-state index >= 15 is 0 Å². The normalized spacial score (nSPS) is 13.4. The Hall–Kier alpha value is 0.316. The van der Waals surface area contributed by atoms with Crippen molar-refractivity contribution in [1.82, 2.24) is 0 Å². The molecule has 0 heterocycles. The number of hydrogen-bond donors (Lipinski definition) is 1. The van der Waals surface area contributed by atoms with Gasteiger partial charge in [-0.15, -0.1) is 0 Å². The zero-order chi connectivity index (χ0) is 12.4.